The van der Waals surface area contributed by atoms with E-state index in [0.29, 0.717) is 12.5 Å². The van der Waals surface area contributed by atoms with Crippen LogP contribution >= 0.6 is 0 Å². The summed E-state index contributed by atoms with van der Waals surface area (Å²) in [4.78, 5) is 26.3. The van der Waals surface area contributed by atoms with Crippen LogP contribution in [0.2, 0.25) is 0 Å². The molecule has 4 heteroatoms. The highest BCUT2D eigenvalue weighted by molar-refractivity contribution is 5.98. The van der Waals surface area contributed by atoms with E-state index < -0.39 is 5.54 Å². The van der Waals surface area contributed by atoms with Gasteiger partial charge in [-0.1, -0.05) is 30.3 Å². The SMILES string of the molecule is CC1(C2CC2)C(=O)NCC(=O)N1CCCc1ccccc1. The summed E-state index contributed by atoms with van der Waals surface area (Å²) in [6.45, 7) is 2.74. The summed E-state index contributed by atoms with van der Waals surface area (Å²) in [5.74, 6) is 0.403. The summed E-state index contributed by atoms with van der Waals surface area (Å²) in [6.07, 6.45) is 3.93. The fourth-order valence-corrected chi connectivity index (χ4v) is 3.31. The van der Waals surface area contributed by atoms with Gasteiger partial charge < -0.3 is 10.2 Å². The van der Waals surface area contributed by atoms with Crippen LogP contribution in [0.4, 0.5) is 0 Å². The molecule has 2 amide bonds. The predicted octanol–water partition coefficient (Wildman–Crippen LogP) is 1.75. The van der Waals surface area contributed by atoms with E-state index in [1.54, 1.807) is 0 Å². The highest BCUT2D eigenvalue weighted by Gasteiger charge is 2.54. The van der Waals surface area contributed by atoms with Gasteiger partial charge in [0.25, 0.3) is 0 Å². The molecule has 1 aromatic rings. The molecule has 1 aromatic carbocycles. The van der Waals surface area contributed by atoms with E-state index in [0.717, 1.165) is 25.7 Å². The lowest BCUT2D eigenvalue weighted by Gasteiger charge is -2.44. The van der Waals surface area contributed by atoms with E-state index in [9.17, 15) is 9.59 Å². The fraction of sp³-hybridized carbons (Fsp3) is 0.529. The molecular formula is C17H22N2O2. The summed E-state index contributed by atoms with van der Waals surface area (Å²) in [7, 11) is 0. The molecule has 1 unspecified atom stereocenters. The average Bonchev–Trinajstić information content (AvgIpc) is 3.33. The number of amides is 2. The van der Waals surface area contributed by atoms with Gasteiger partial charge in [-0.15, -0.1) is 0 Å². The number of carbonyl (C=O) groups excluding carboxylic acids is 2. The topological polar surface area (TPSA) is 49.4 Å². The number of carbonyl (C=O) groups is 2. The molecule has 0 radical (unpaired) electrons. The molecule has 1 saturated carbocycles. The van der Waals surface area contributed by atoms with Crippen molar-refractivity contribution in [3.63, 3.8) is 0 Å². The number of benzene rings is 1. The second-order valence-corrected chi connectivity index (χ2v) is 6.24. The van der Waals surface area contributed by atoms with Crippen molar-refractivity contribution in [3.8, 4) is 0 Å². The molecule has 1 atom stereocenters. The Morgan fingerprint density at radius 3 is 2.62 bits per heavy atom. The van der Waals surface area contributed by atoms with Crippen LogP contribution in [-0.2, 0) is 16.0 Å². The molecule has 1 heterocycles. The molecule has 1 aliphatic heterocycles. The Kier molecular flexibility index (Phi) is 3.70. The number of rotatable bonds is 5. The Bertz CT molecular complexity index is 539. The number of aryl methyl sites for hydroxylation is 1. The smallest absolute Gasteiger partial charge is 0.246 e. The zero-order valence-corrected chi connectivity index (χ0v) is 12.5. The van der Waals surface area contributed by atoms with E-state index in [1.165, 1.54) is 5.56 Å². The summed E-state index contributed by atoms with van der Waals surface area (Å²) < 4.78 is 0. The molecule has 0 spiro atoms. The minimum atomic E-state index is -0.633. The Hall–Kier alpha value is -1.84. The maximum absolute atomic E-state index is 12.3. The second-order valence-electron chi connectivity index (χ2n) is 6.24. The number of hydrogen-bond acceptors (Lipinski definition) is 2. The third-order valence-corrected chi connectivity index (χ3v) is 4.78. The van der Waals surface area contributed by atoms with Crippen molar-refractivity contribution >= 4 is 11.8 Å². The van der Waals surface area contributed by atoms with E-state index in [1.807, 2.05) is 30.0 Å². The standard InChI is InChI=1S/C17H22N2O2/c1-17(14-9-10-14)16(21)18-12-15(20)19(17)11-5-8-13-6-3-2-4-7-13/h2-4,6-7,14H,5,8-12H2,1H3,(H,18,21). The number of nitrogens with one attached hydrogen (secondary N) is 1. The fourth-order valence-electron chi connectivity index (χ4n) is 3.31. The van der Waals surface area contributed by atoms with Gasteiger partial charge in [0.2, 0.25) is 11.8 Å². The molecule has 21 heavy (non-hydrogen) atoms. The van der Waals surface area contributed by atoms with Gasteiger partial charge >= 0.3 is 0 Å². The van der Waals surface area contributed by atoms with Gasteiger partial charge in [-0.2, -0.15) is 0 Å². The van der Waals surface area contributed by atoms with Gasteiger partial charge in [-0.05, 0) is 44.1 Å². The Labute approximate surface area is 125 Å². The number of hydrogen-bond donors (Lipinski definition) is 1. The Balaban J connectivity index is 1.66. The molecule has 2 fully saturated rings. The largest absolute Gasteiger partial charge is 0.345 e. The van der Waals surface area contributed by atoms with Crippen molar-refractivity contribution in [2.24, 2.45) is 5.92 Å². The Morgan fingerprint density at radius 1 is 1.24 bits per heavy atom. The van der Waals surface area contributed by atoms with Crippen molar-refractivity contribution in [2.45, 2.75) is 38.1 Å². The summed E-state index contributed by atoms with van der Waals surface area (Å²) in [5.41, 5.74) is 0.644. The third kappa shape index (κ3) is 2.67. The zero-order chi connectivity index (χ0) is 14.9. The number of nitrogens with zero attached hydrogens (tertiary/aromatic N) is 1. The minimum Gasteiger partial charge on any atom is -0.345 e. The van der Waals surface area contributed by atoms with Crippen LogP contribution in [0.5, 0.6) is 0 Å². The lowest BCUT2D eigenvalue weighted by Crippen LogP contribution is -2.67. The first-order valence-electron chi connectivity index (χ1n) is 7.75. The molecule has 1 N–H and O–H groups in total. The normalized spacial score (nSPS) is 25.9. The predicted molar refractivity (Wildman–Crippen MR) is 80.6 cm³/mol. The van der Waals surface area contributed by atoms with E-state index >= 15 is 0 Å². The molecule has 4 nitrogen and oxygen atoms in total. The van der Waals surface area contributed by atoms with Gasteiger partial charge in [-0.3, -0.25) is 9.59 Å². The van der Waals surface area contributed by atoms with E-state index in [2.05, 4.69) is 17.4 Å². The molecule has 1 saturated heterocycles. The van der Waals surface area contributed by atoms with Crippen LogP contribution in [0.25, 0.3) is 0 Å². The first kappa shape index (κ1) is 14.1. The van der Waals surface area contributed by atoms with Gasteiger partial charge in [-0.25, -0.2) is 0 Å². The van der Waals surface area contributed by atoms with Crippen molar-refractivity contribution in [1.82, 2.24) is 10.2 Å². The molecule has 1 aliphatic carbocycles. The first-order chi connectivity index (χ1) is 10.1. The van der Waals surface area contributed by atoms with Crippen LogP contribution in [0.3, 0.4) is 0 Å². The van der Waals surface area contributed by atoms with Gasteiger partial charge in [0.1, 0.15) is 5.54 Å². The van der Waals surface area contributed by atoms with Gasteiger partial charge in [0.05, 0.1) is 6.54 Å². The molecule has 0 bridgehead atoms. The number of piperazine rings is 1. The molecule has 112 valence electrons. The van der Waals surface area contributed by atoms with Crippen molar-refractivity contribution in [3.05, 3.63) is 35.9 Å². The third-order valence-electron chi connectivity index (χ3n) is 4.78. The van der Waals surface area contributed by atoms with Crippen LogP contribution in [0.15, 0.2) is 30.3 Å². The summed E-state index contributed by atoms with van der Waals surface area (Å²) >= 11 is 0. The monoisotopic (exact) mass is 286 g/mol. The maximum Gasteiger partial charge on any atom is 0.246 e. The van der Waals surface area contributed by atoms with E-state index in [4.69, 9.17) is 0 Å². The highest BCUT2D eigenvalue weighted by atomic mass is 16.2. The van der Waals surface area contributed by atoms with Crippen molar-refractivity contribution < 1.29 is 9.59 Å². The van der Waals surface area contributed by atoms with Gasteiger partial charge in [0.15, 0.2) is 0 Å². The zero-order valence-electron chi connectivity index (χ0n) is 12.5. The molecule has 3 rings (SSSR count). The molecule has 0 aromatic heterocycles. The second kappa shape index (κ2) is 5.51. The lowest BCUT2D eigenvalue weighted by atomic mass is 9.89. The maximum atomic E-state index is 12.3. The minimum absolute atomic E-state index is 0.0179. The van der Waals surface area contributed by atoms with Crippen LogP contribution in [0.1, 0.15) is 31.7 Å². The Morgan fingerprint density at radius 2 is 1.95 bits per heavy atom. The van der Waals surface area contributed by atoms with Crippen molar-refractivity contribution in [2.75, 3.05) is 13.1 Å². The van der Waals surface area contributed by atoms with Crippen LogP contribution in [-0.4, -0.2) is 35.3 Å². The summed E-state index contributed by atoms with van der Waals surface area (Å²) in [5, 5.41) is 2.75. The van der Waals surface area contributed by atoms with Crippen LogP contribution < -0.4 is 5.32 Å². The average molecular weight is 286 g/mol. The first-order valence-corrected chi connectivity index (χ1v) is 7.75. The molecular weight excluding hydrogens is 264 g/mol. The van der Waals surface area contributed by atoms with Gasteiger partial charge in [0, 0.05) is 6.54 Å². The van der Waals surface area contributed by atoms with Crippen molar-refractivity contribution in [1.29, 1.82) is 0 Å². The highest BCUT2D eigenvalue weighted by Crippen LogP contribution is 2.44. The quantitative estimate of drug-likeness (QED) is 0.896. The van der Waals surface area contributed by atoms with E-state index in [-0.39, 0.29) is 18.4 Å². The summed E-state index contributed by atoms with van der Waals surface area (Å²) in [6, 6.07) is 10.3. The molecule has 2 aliphatic rings. The van der Waals surface area contributed by atoms with Crippen LogP contribution in [0, 0.1) is 5.92 Å². The lowest BCUT2D eigenvalue weighted by molar-refractivity contribution is -0.154.